The Balaban J connectivity index is 2.17. The Morgan fingerprint density at radius 1 is 1.32 bits per heavy atom. The molecule has 4 nitrogen and oxygen atoms in total. The Labute approximate surface area is 111 Å². The smallest absolute Gasteiger partial charge is 0.231 e. The minimum atomic E-state index is -1.04. The lowest BCUT2D eigenvalue weighted by atomic mass is 9.93. The maximum absolute atomic E-state index is 12.9. The highest BCUT2D eigenvalue weighted by molar-refractivity contribution is 5.91. The largest absolute Gasteiger partial charge is 0.394 e. The first-order chi connectivity index (χ1) is 8.96. The first-order valence-corrected chi connectivity index (χ1v) is 6.26. The second-order valence-electron chi connectivity index (χ2n) is 5.42. The van der Waals surface area contributed by atoms with Crippen LogP contribution in [0.3, 0.4) is 0 Å². The molecule has 0 radical (unpaired) electrons. The molecule has 0 aliphatic heterocycles. The normalized spacial score (nSPS) is 17.1. The second-order valence-corrected chi connectivity index (χ2v) is 5.42. The van der Waals surface area contributed by atoms with Crippen molar-refractivity contribution in [3.63, 3.8) is 0 Å². The minimum absolute atomic E-state index is 0.232. The van der Waals surface area contributed by atoms with Crippen LogP contribution >= 0.6 is 0 Å². The monoisotopic (exact) mass is 267 g/mol. The molecule has 19 heavy (non-hydrogen) atoms. The van der Waals surface area contributed by atoms with Gasteiger partial charge in [-0.3, -0.25) is 4.79 Å². The van der Waals surface area contributed by atoms with Crippen molar-refractivity contribution >= 4 is 5.91 Å². The van der Waals surface area contributed by atoms with Crippen molar-refractivity contribution in [2.75, 3.05) is 13.2 Å². The third-order valence-corrected chi connectivity index (χ3v) is 3.69. The molecule has 1 aromatic carbocycles. The van der Waals surface area contributed by atoms with Gasteiger partial charge < -0.3 is 15.5 Å². The molecular weight excluding hydrogens is 249 g/mol. The summed E-state index contributed by atoms with van der Waals surface area (Å²) < 4.78 is 12.9. The van der Waals surface area contributed by atoms with E-state index in [0.717, 1.165) is 5.56 Å². The maximum atomic E-state index is 12.9. The van der Waals surface area contributed by atoms with E-state index in [9.17, 15) is 19.4 Å². The Morgan fingerprint density at radius 3 is 2.26 bits per heavy atom. The van der Waals surface area contributed by atoms with E-state index in [1.807, 2.05) is 0 Å². The van der Waals surface area contributed by atoms with E-state index in [1.165, 1.54) is 12.1 Å². The average molecular weight is 267 g/mol. The van der Waals surface area contributed by atoms with Gasteiger partial charge in [0.2, 0.25) is 5.91 Å². The highest BCUT2D eigenvalue weighted by Gasteiger charge is 2.52. The van der Waals surface area contributed by atoms with Crippen LogP contribution in [0.15, 0.2) is 24.3 Å². The summed E-state index contributed by atoms with van der Waals surface area (Å²) in [4.78, 5) is 12.3. The van der Waals surface area contributed by atoms with Gasteiger partial charge in [0.1, 0.15) is 5.82 Å². The van der Waals surface area contributed by atoms with Gasteiger partial charge in [0.15, 0.2) is 0 Å². The molecule has 0 heterocycles. The van der Waals surface area contributed by atoms with E-state index in [0.29, 0.717) is 12.8 Å². The van der Waals surface area contributed by atoms with E-state index < -0.39 is 11.0 Å². The van der Waals surface area contributed by atoms with Gasteiger partial charge in [0.05, 0.1) is 24.2 Å². The lowest BCUT2D eigenvalue weighted by molar-refractivity contribution is -0.126. The van der Waals surface area contributed by atoms with Gasteiger partial charge in [-0.25, -0.2) is 4.39 Å². The van der Waals surface area contributed by atoms with Crippen molar-refractivity contribution in [3.8, 4) is 0 Å². The van der Waals surface area contributed by atoms with Crippen LogP contribution in [0, 0.1) is 5.82 Å². The number of rotatable bonds is 5. The number of benzene rings is 1. The van der Waals surface area contributed by atoms with Crippen LogP contribution in [0.5, 0.6) is 0 Å². The summed E-state index contributed by atoms with van der Waals surface area (Å²) >= 11 is 0. The summed E-state index contributed by atoms with van der Waals surface area (Å²) in [5, 5.41) is 21.1. The third kappa shape index (κ3) is 2.62. The maximum Gasteiger partial charge on any atom is 0.231 e. The highest BCUT2D eigenvalue weighted by atomic mass is 19.1. The highest BCUT2D eigenvalue weighted by Crippen LogP contribution is 2.48. The molecule has 1 saturated carbocycles. The summed E-state index contributed by atoms with van der Waals surface area (Å²) in [6.45, 7) is 0.898. The minimum Gasteiger partial charge on any atom is -0.394 e. The van der Waals surface area contributed by atoms with Crippen molar-refractivity contribution in [3.05, 3.63) is 35.6 Å². The molecule has 5 heteroatoms. The standard InChI is InChI=1S/C14H18FNO3/c1-13(8-17,9-18)16-12(19)14(6-7-14)10-2-4-11(15)5-3-10/h2-5,17-18H,6-9H2,1H3,(H,16,19). The Kier molecular flexibility index (Phi) is 3.60. The fourth-order valence-corrected chi connectivity index (χ4v) is 2.06. The zero-order chi connectivity index (χ0) is 14.1. The van der Waals surface area contributed by atoms with Crippen molar-refractivity contribution in [1.82, 2.24) is 5.32 Å². The van der Waals surface area contributed by atoms with Crippen LogP contribution in [0.25, 0.3) is 0 Å². The van der Waals surface area contributed by atoms with Gasteiger partial charge in [0.25, 0.3) is 0 Å². The van der Waals surface area contributed by atoms with Crippen LogP contribution in [0.1, 0.15) is 25.3 Å². The van der Waals surface area contributed by atoms with Crippen LogP contribution in [0.4, 0.5) is 4.39 Å². The predicted molar refractivity (Wildman–Crippen MR) is 68.0 cm³/mol. The number of aliphatic hydroxyl groups excluding tert-OH is 2. The number of aliphatic hydroxyl groups is 2. The molecule has 0 bridgehead atoms. The molecule has 2 rings (SSSR count). The van der Waals surface area contributed by atoms with Gasteiger partial charge in [-0.2, -0.15) is 0 Å². The van der Waals surface area contributed by atoms with Crippen LogP contribution in [-0.2, 0) is 10.2 Å². The van der Waals surface area contributed by atoms with Crippen molar-refractivity contribution in [2.24, 2.45) is 0 Å². The Bertz CT molecular complexity index is 464. The molecule has 0 aromatic heterocycles. The van der Waals surface area contributed by atoms with E-state index in [1.54, 1.807) is 19.1 Å². The first kappa shape index (κ1) is 14.0. The number of hydrogen-bond donors (Lipinski definition) is 3. The summed E-state index contributed by atoms with van der Waals surface area (Å²) in [5.41, 5.74) is -0.906. The quantitative estimate of drug-likeness (QED) is 0.736. The number of carbonyl (C=O) groups excluding carboxylic acids is 1. The van der Waals surface area contributed by atoms with Gasteiger partial charge in [-0.1, -0.05) is 12.1 Å². The van der Waals surface area contributed by atoms with Gasteiger partial charge in [-0.05, 0) is 37.5 Å². The number of halogens is 1. The number of amides is 1. The molecule has 0 saturated heterocycles. The third-order valence-electron chi connectivity index (χ3n) is 3.69. The average Bonchev–Trinajstić information content (AvgIpc) is 3.21. The fourth-order valence-electron chi connectivity index (χ4n) is 2.06. The molecule has 1 amide bonds. The fraction of sp³-hybridized carbons (Fsp3) is 0.500. The zero-order valence-corrected chi connectivity index (χ0v) is 10.8. The number of hydrogen-bond acceptors (Lipinski definition) is 3. The lowest BCUT2D eigenvalue weighted by Crippen LogP contribution is -2.54. The Morgan fingerprint density at radius 2 is 1.84 bits per heavy atom. The van der Waals surface area contributed by atoms with Gasteiger partial charge in [-0.15, -0.1) is 0 Å². The lowest BCUT2D eigenvalue weighted by Gasteiger charge is -2.29. The molecule has 1 aliphatic carbocycles. The molecule has 1 aromatic rings. The molecule has 3 N–H and O–H groups in total. The van der Waals surface area contributed by atoms with E-state index >= 15 is 0 Å². The molecule has 1 aliphatic rings. The summed E-state index contributed by atoms with van der Waals surface area (Å²) in [5.74, 6) is -0.569. The van der Waals surface area contributed by atoms with Gasteiger partial charge >= 0.3 is 0 Å². The molecule has 0 spiro atoms. The zero-order valence-electron chi connectivity index (χ0n) is 10.8. The molecule has 0 unspecified atom stereocenters. The predicted octanol–water partition coefficient (Wildman–Crippen LogP) is 0.717. The Hall–Kier alpha value is -1.46. The number of nitrogens with one attached hydrogen (secondary N) is 1. The van der Waals surface area contributed by atoms with Crippen molar-refractivity contribution in [2.45, 2.75) is 30.7 Å². The second kappa shape index (κ2) is 4.90. The van der Waals surface area contributed by atoms with E-state index in [4.69, 9.17) is 0 Å². The molecular formula is C14H18FNO3. The van der Waals surface area contributed by atoms with Crippen LogP contribution in [-0.4, -0.2) is 34.9 Å². The van der Waals surface area contributed by atoms with Crippen molar-refractivity contribution in [1.29, 1.82) is 0 Å². The molecule has 104 valence electrons. The van der Waals surface area contributed by atoms with Crippen LogP contribution < -0.4 is 5.32 Å². The number of carbonyl (C=O) groups is 1. The first-order valence-electron chi connectivity index (χ1n) is 6.26. The molecule has 0 atom stereocenters. The van der Waals surface area contributed by atoms with Gasteiger partial charge in [0, 0.05) is 0 Å². The summed E-state index contributed by atoms with van der Waals surface area (Å²) in [7, 11) is 0. The van der Waals surface area contributed by atoms with E-state index in [2.05, 4.69) is 5.32 Å². The van der Waals surface area contributed by atoms with Crippen molar-refractivity contribution < 1.29 is 19.4 Å². The summed E-state index contributed by atoms with van der Waals surface area (Å²) in [6, 6.07) is 5.88. The van der Waals surface area contributed by atoms with E-state index in [-0.39, 0.29) is 24.9 Å². The van der Waals surface area contributed by atoms with Crippen LogP contribution in [0.2, 0.25) is 0 Å². The topological polar surface area (TPSA) is 69.6 Å². The summed E-state index contributed by atoms with van der Waals surface area (Å²) in [6.07, 6.45) is 1.38. The SMILES string of the molecule is CC(CO)(CO)NC(=O)C1(c2ccc(F)cc2)CC1. The molecule has 1 fully saturated rings.